The minimum absolute atomic E-state index is 0.374. The normalized spacial score (nSPS) is 28.4. The van der Waals surface area contributed by atoms with Gasteiger partial charge >= 0.3 is 5.97 Å². The zero-order valence-corrected chi connectivity index (χ0v) is 8.28. The van der Waals surface area contributed by atoms with Gasteiger partial charge < -0.3 is 15.1 Å². The molecular weight excluding hydrogens is 182 g/mol. The molecule has 2 rings (SSSR count). The SMILES string of the molecule is O=C(O)C1(O)CCN(C2CCC2)CC1. The molecule has 14 heavy (non-hydrogen) atoms. The highest BCUT2D eigenvalue weighted by Crippen LogP contribution is 2.30. The van der Waals surface area contributed by atoms with Crippen molar-refractivity contribution < 1.29 is 15.0 Å². The summed E-state index contributed by atoms with van der Waals surface area (Å²) < 4.78 is 0. The monoisotopic (exact) mass is 199 g/mol. The first-order valence-electron chi connectivity index (χ1n) is 5.32. The standard InChI is InChI=1S/C10H17NO3/c12-9(13)10(14)4-6-11(7-5-10)8-2-1-3-8/h8,14H,1-7H2,(H,12,13). The molecular formula is C10H17NO3. The fourth-order valence-corrected chi connectivity index (χ4v) is 2.22. The maximum absolute atomic E-state index is 10.8. The zero-order valence-electron chi connectivity index (χ0n) is 8.28. The Hall–Kier alpha value is -0.610. The molecule has 2 aliphatic rings. The summed E-state index contributed by atoms with van der Waals surface area (Å²) >= 11 is 0. The second-order valence-electron chi connectivity index (χ2n) is 4.46. The molecule has 0 spiro atoms. The largest absolute Gasteiger partial charge is 0.479 e. The summed E-state index contributed by atoms with van der Waals surface area (Å²) in [7, 11) is 0. The molecule has 0 aromatic heterocycles. The summed E-state index contributed by atoms with van der Waals surface area (Å²) in [5.74, 6) is -1.06. The number of carbonyl (C=O) groups is 1. The van der Waals surface area contributed by atoms with E-state index in [9.17, 15) is 9.90 Å². The van der Waals surface area contributed by atoms with Gasteiger partial charge in [0.05, 0.1) is 0 Å². The van der Waals surface area contributed by atoms with Crippen molar-refractivity contribution in [3.05, 3.63) is 0 Å². The number of aliphatic carboxylic acids is 1. The second kappa shape index (κ2) is 3.51. The van der Waals surface area contributed by atoms with Crippen molar-refractivity contribution in [1.82, 2.24) is 4.90 Å². The molecule has 0 unspecified atom stereocenters. The fourth-order valence-electron chi connectivity index (χ4n) is 2.22. The third-order valence-electron chi connectivity index (χ3n) is 3.61. The first-order chi connectivity index (χ1) is 6.62. The Morgan fingerprint density at radius 1 is 1.29 bits per heavy atom. The van der Waals surface area contributed by atoms with Gasteiger partial charge in [-0.05, 0) is 25.7 Å². The molecule has 1 heterocycles. The second-order valence-corrected chi connectivity index (χ2v) is 4.46. The van der Waals surface area contributed by atoms with E-state index in [1.807, 2.05) is 0 Å². The fraction of sp³-hybridized carbons (Fsp3) is 0.900. The number of hydrogen-bond acceptors (Lipinski definition) is 3. The van der Waals surface area contributed by atoms with E-state index in [2.05, 4.69) is 4.90 Å². The number of carboxylic acid groups (broad SMARTS) is 1. The molecule has 0 aromatic rings. The van der Waals surface area contributed by atoms with E-state index in [0.717, 1.165) is 13.1 Å². The number of rotatable bonds is 2. The molecule has 80 valence electrons. The molecule has 4 nitrogen and oxygen atoms in total. The van der Waals surface area contributed by atoms with Crippen molar-refractivity contribution in [2.75, 3.05) is 13.1 Å². The molecule has 0 aromatic carbocycles. The Kier molecular flexibility index (Phi) is 2.49. The molecule has 4 heteroatoms. The van der Waals surface area contributed by atoms with Crippen molar-refractivity contribution in [1.29, 1.82) is 0 Å². The Morgan fingerprint density at radius 2 is 1.86 bits per heavy atom. The number of carboxylic acids is 1. The molecule has 1 saturated heterocycles. The van der Waals surface area contributed by atoms with Gasteiger partial charge in [-0.3, -0.25) is 0 Å². The molecule has 1 saturated carbocycles. The van der Waals surface area contributed by atoms with Crippen LogP contribution in [0.5, 0.6) is 0 Å². The van der Waals surface area contributed by atoms with Gasteiger partial charge in [0.1, 0.15) is 0 Å². The van der Waals surface area contributed by atoms with Crippen LogP contribution in [0.2, 0.25) is 0 Å². The van der Waals surface area contributed by atoms with Crippen LogP contribution in [0.15, 0.2) is 0 Å². The van der Waals surface area contributed by atoms with Gasteiger partial charge in [0, 0.05) is 19.1 Å². The summed E-state index contributed by atoms with van der Waals surface area (Å²) in [4.78, 5) is 13.1. The molecule has 0 atom stereocenters. The minimum atomic E-state index is -1.46. The maximum atomic E-state index is 10.8. The van der Waals surface area contributed by atoms with Crippen LogP contribution in [0.3, 0.4) is 0 Å². The number of likely N-dealkylation sites (tertiary alicyclic amines) is 1. The number of aliphatic hydroxyl groups is 1. The molecule has 2 fully saturated rings. The van der Waals surface area contributed by atoms with Gasteiger partial charge in [-0.1, -0.05) is 6.42 Å². The molecule has 1 aliphatic carbocycles. The van der Waals surface area contributed by atoms with Crippen molar-refractivity contribution in [3.63, 3.8) is 0 Å². The van der Waals surface area contributed by atoms with Crippen LogP contribution < -0.4 is 0 Å². The van der Waals surface area contributed by atoms with Gasteiger partial charge in [0.15, 0.2) is 5.60 Å². The van der Waals surface area contributed by atoms with Crippen LogP contribution in [0.1, 0.15) is 32.1 Å². The minimum Gasteiger partial charge on any atom is -0.479 e. The molecule has 0 bridgehead atoms. The lowest BCUT2D eigenvalue weighted by molar-refractivity contribution is -0.164. The third kappa shape index (κ3) is 1.64. The van der Waals surface area contributed by atoms with E-state index < -0.39 is 11.6 Å². The van der Waals surface area contributed by atoms with E-state index in [1.165, 1.54) is 19.3 Å². The summed E-state index contributed by atoms with van der Waals surface area (Å²) in [6.07, 6.45) is 4.53. The van der Waals surface area contributed by atoms with Crippen LogP contribution in [0, 0.1) is 0 Å². The molecule has 1 aliphatic heterocycles. The quantitative estimate of drug-likeness (QED) is 0.678. The van der Waals surface area contributed by atoms with Crippen molar-refractivity contribution in [2.45, 2.75) is 43.7 Å². The van der Waals surface area contributed by atoms with Crippen molar-refractivity contribution >= 4 is 5.97 Å². The highest BCUT2D eigenvalue weighted by molar-refractivity contribution is 5.77. The maximum Gasteiger partial charge on any atom is 0.335 e. The summed E-state index contributed by atoms with van der Waals surface area (Å²) in [5, 5.41) is 18.5. The van der Waals surface area contributed by atoms with Crippen LogP contribution in [0.4, 0.5) is 0 Å². The highest BCUT2D eigenvalue weighted by Gasteiger charge is 2.41. The first-order valence-corrected chi connectivity index (χ1v) is 5.32. The Morgan fingerprint density at radius 3 is 2.21 bits per heavy atom. The average Bonchev–Trinajstić information content (AvgIpc) is 2.06. The number of nitrogens with zero attached hydrogens (tertiary/aromatic N) is 1. The lowest BCUT2D eigenvalue weighted by Crippen LogP contribution is -2.53. The van der Waals surface area contributed by atoms with Gasteiger partial charge in [0.2, 0.25) is 0 Å². The van der Waals surface area contributed by atoms with E-state index in [4.69, 9.17) is 5.11 Å². The van der Waals surface area contributed by atoms with E-state index in [0.29, 0.717) is 18.9 Å². The summed E-state index contributed by atoms with van der Waals surface area (Å²) in [6.45, 7) is 1.46. The molecule has 0 amide bonds. The summed E-state index contributed by atoms with van der Waals surface area (Å²) in [5.41, 5.74) is -1.46. The van der Waals surface area contributed by atoms with E-state index >= 15 is 0 Å². The Labute approximate surface area is 83.5 Å². The third-order valence-corrected chi connectivity index (χ3v) is 3.61. The van der Waals surface area contributed by atoms with Crippen molar-refractivity contribution in [3.8, 4) is 0 Å². The average molecular weight is 199 g/mol. The Bertz CT molecular complexity index is 230. The van der Waals surface area contributed by atoms with Crippen LogP contribution in [0.25, 0.3) is 0 Å². The molecule has 2 N–H and O–H groups in total. The van der Waals surface area contributed by atoms with Gasteiger partial charge in [-0.2, -0.15) is 0 Å². The Balaban J connectivity index is 1.87. The topological polar surface area (TPSA) is 60.8 Å². The smallest absolute Gasteiger partial charge is 0.335 e. The predicted molar refractivity (Wildman–Crippen MR) is 51.0 cm³/mol. The van der Waals surface area contributed by atoms with Gasteiger partial charge in [-0.15, -0.1) is 0 Å². The predicted octanol–water partition coefficient (Wildman–Crippen LogP) is 0.450. The van der Waals surface area contributed by atoms with Crippen LogP contribution in [-0.2, 0) is 4.79 Å². The van der Waals surface area contributed by atoms with E-state index in [-0.39, 0.29) is 0 Å². The first kappa shape index (κ1) is 9.93. The number of hydrogen-bond donors (Lipinski definition) is 2. The van der Waals surface area contributed by atoms with E-state index in [1.54, 1.807) is 0 Å². The lowest BCUT2D eigenvalue weighted by atomic mass is 9.86. The van der Waals surface area contributed by atoms with Crippen LogP contribution >= 0.6 is 0 Å². The van der Waals surface area contributed by atoms with Gasteiger partial charge in [-0.25, -0.2) is 4.79 Å². The number of piperidine rings is 1. The van der Waals surface area contributed by atoms with Crippen LogP contribution in [-0.4, -0.2) is 45.8 Å². The molecule has 0 radical (unpaired) electrons. The lowest BCUT2D eigenvalue weighted by Gasteiger charge is -2.43. The summed E-state index contributed by atoms with van der Waals surface area (Å²) in [6, 6.07) is 0.661. The van der Waals surface area contributed by atoms with Gasteiger partial charge in [0.25, 0.3) is 0 Å². The zero-order chi connectivity index (χ0) is 10.2. The highest BCUT2D eigenvalue weighted by atomic mass is 16.4. The van der Waals surface area contributed by atoms with Crippen molar-refractivity contribution in [2.24, 2.45) is 0 Å².